The summed E-state index contributed by atoms with van der Waals surface area (Å²) in [5.41, 5.74) is 0. The van der Waals surface area contributed by atoms with Crippen LogP contribution in [0.15, 0.2) is 0 Å². The molecule has 0 spiro atoms. The molecule has 3 fully saturated rings. The van der Waals surface area contributed by atoms with E-state index in [-0.39, 0.29) is 0 Å². The van der Waals surface area contributed by atoms with Crippen LogP contribution < -0.4 is 0 Å². The van der Waals surface area contributed by atoms with Crippen LogP contribution in [0.25, 0.3) is 0 Å². The fourth-order valence-corrected chi connectivity index (χ4v) is 3.98. The van der Waals surface area contributed by atoms with Gasteiger partial charge in [0, 0.05) is 0 Å². The number of rotatable bonds is 7. The van der Waals surface area contributed by atoms with Crippen molar-refractivity contribution in [3.05, 3.63) is 0 Å². The molecule has 11 N–H and O–H groups in total. The first-order chi connectivity index (χ1) is 16.0. The fraction of sp³-hybridized carbons (Fsp3) is 1.00. The standard InChI is InChI=1S/C18H32O16/c19-1-4-7(22)9(24)12(27)16(30-4)33-15-6(3-21)32-18(14(29)11(15)26)34-17-13(28)10(25)8(23)5(2-20)31-17/h4-29H,1-3H2/t4-,5-,6-,7+,8+,9+,10+,11-,12-,13-,14-,15-,16+,17-,18+/m1/s1. The van der Waals surface area contributed by atoms with E-state index in [1.165, 1.54) is 0 Å². The molecule has 0 unspecified atom stereocenters. The number of ether oxygens (including phenoxy) is 5. The maximum Gasteiger partial charge on any atom is 0.189 e. The summed E-state index contributed by atoms with van der Waals surface area (Å²) >= 11 is 0. The summed E-state index contributed by atoms with van der Waals surface area (Å²) in [5.74, 6) is 0. The first-order valence-electron chi connectivity index (χ1n) is 10.6. The van der Waals surface area contributed by atoms with Crippen LogP contribution in [0.4, 0.5) is 0 Å². The molecule has 0 bridgehead atoms. The summed E-state index contributed by atoms with van der Waals surface area (Å²) in [6, 6.07) is 0. The average molecular weight is 504 g/mol. The van der Waals surface area contributed by atoms with Gasteiger partial charge >= 0.3 is 0 Å². The van der Waals surface area contributed by atoms with Crippen molar-refractivity contribution >= 4 is 0 Å². The third kappa shape index (κ3) is 5.37. The number of aliphatic hydroxyl groups is 11. The quantitative estimate of drug-likeness (QED) is 0.154. The van der Waals surface area contributed by atoms with Crippen molar-refractivity contribution in [2.45, 2.75) is 92.1 Å². The molecule has 0 aromatic carbocycles. The van der Waals surface area contributed by atoms with Crippen LogP contribution >= 0.6 is 0 Å². The second-order valence-electron chi connectivity index (χ2n) is 8.34. The van der Waals surface area contributed by atoms with E-state index in [0.717, 1.165) is 0 Å². The summed E-state index contributed by atoms with van der Waals surface area (Å²) in [7, 11) is 0. The molecular formula is C18H32O16. The molecule has 200 valence electrons. The van der Waals surface area contributed by atoms with Gasteiger partial charge in [0.1, 0.15) is 73.2 Å². The minimum Gasteiger partial charge on any atom is -0.394 e. The van der Waals surface area contributed by atoms with Crippen molar-refractivity contribution in [1.29, 1.82) is 0 Å². The molecule has 0 amide bonds. The monoisotopic (exact) mass is 504 g/mol. The smallest absolute Gasteiger partial charge is 0.189 e. The van der Waals surface area contributed by atoms with Crippen molar-refractivity contribution in [2.75, 3.05) is 19.8 Å². The predicted octanol–water partition coefficient (Wildman–Crippen LogP) is -7.57. The molecule has 0 aromatic rings. The Bertz CT molecular complexity index is 635. The molecule has 0 aromatic heterocycles. The number of hydrogen-bond donors (Lipinski definition) is 11. The van der Waals surface area contributed by atoms with Gasteiger partial charge in [-0.2, -0.15) is 0 Å². The summed E-state index contributed by atoms with van der Waals surface area (Å²) in [4.78, 5) is 0. The fourth-order valence-electron chi connectivity index (χ4n) is 3.98. The number of aliphatic hydroxyl groups excluding tert-OH is 11. The SMILES string of the molecule is OC[C@H]1O[C@@H](O[C@H]2[C@H](O)[C@@H](O)[C@H](O[C@H]3O[C@H](CO)[C@H](O)[C@H](O)[C@H]3O)O[C@@H]2CO)[C@H](O)[C@@H](O)[C@H]1O. The minimum absolute atomic E-state index is 0.740. The molecule has 3 saturated heterocycles. The molecule has 0 radical (unpaired) electrons. The molecule has 3 heterocycles. The zero-order valence-electron chi connectivity index (χ0n) is 17.7. The van der Waals surface area contributed by atoms with Crippen LogP contribution in [0.2, 0.25) is 0 Å². The molecule has 15 atom stereocenters. The van der Waals surface area contributed by atoms with Crippen molar-refractivity contribution < 1.29 is 79.9 Å². The topological polar surface area (TPSA) is 269 Å². The van der Waals surface area contributed by atoms with E-state index >= 15 is 0 Å². The summed E-state index contributed by atoms with van der Waals surface area (Å²) in [6.07, 6.45) is -25.1. The second kappa shape index (κ2) is 11.6. The lowest BCUT2D eigenvalue weighted by Gasteiger charge is -2.47. The Kier molecular flexibility index (Phi) is 9.54. The highest BCUT2D eigenvalue weighted by molar-refractivity contribution is 4.95. The van der Waals surface area contributed by atoms with E-state index in [2.05, 4.69) is 0 Å². The summed E-state index contributed by atoms with van der Waals surface area (Å²) in [5, 5.41) is 109. The largest absolute Gasteiger partial charge is 0.394 e. The Morgan fingerprint density at radius 2 is 0.765 bits per heavy atom. The normalized spacial score (nSPS) is 52.5. The Labute approximate surface area is 192 Å². The van der Waals surface area contributed by atoms with Gasteiger partial charge in [0.2, 0.25) is 0 Å². The molecule has 0 saturated carbocycles. The molecule has 3 aliphatic heterocycles. The Balaban J connectivity index is 1.69. The third-order valence-corrected chi connectivity index (χ3v) is 6.08. The zero-order valence-corrected chi connectivity index (χ0v) is 17.7. The van der Waals surface area contributed by atoms with Crippen LogP contribution in [0.1, 0.15) is 0 Å². The van der Waals surface area contributed by atoms with Gasteiger partial charge in [-0.1, -0.05) is 0 Å². The van der Waals surface area contributed by atoms with Crippen molar-refractivity contribution in [2.24, 2.45) is 0 Å². The highest BCUT2D eigenvalue weighted by Gasteiger charge is 2.52. The minimum atomic E-state index is -1.91. The van der Waals surface area contributed by atoms with Crippen LogP contribution in [-0.4, -0.2) is 168 Å². The molecular weight excluding hydrogens is 472 g/mol. The van der Waals surface area contributed by atoms with Crippen LogP contribution in [0.3, 0.4) is 0 Å². The van der Waals surface area contributed by atoms with Crippen LogP contribution in [-0.2, 0) is 23.7 Å². The van der Waals surface area contributed by atoms with Gasteiger partial charge in [-0.3, -0.25) is 0 Å². The zero-order chi connectivity index (χ0) is 25.3. The Morgan fingerprint density at radius 1 is 0.412 bits per heavy atom. The van der Waals surface area contributed by atoms with Crippen molar-refractivity contribution in [1.82, 2.24) is 0 Å². The van der Waals surface area contributed by atoms with E-state index in [4.69, 9.17) is 23.7 Å². The lowest BCUT2D eigenvalue weighted by molar-refractivity contribution is -0.391. The molecule has 3 aliphatic rings. The highest BCUT2D eigenvalue weighted by Crippen LogP contribution is 2.31. The Morgan fingerprint density at radius 3 is 1.18 bits per heavy atom. The predicted molar refractivity (Wildman–Crippen MR) is 101 cm³/mol. The van der Waals surface area contributed by atoms with E-state index in [1.807, 2.05) is 0 Å². The molecule has 3 rings (SSSR count). The van der Waals surface area contributed by atoms with Gasteiger partial charge in [0.15, 0.2) is 18.9 Å². The molecule has 34 heavy (non-hydrogen) atoms. The highest BCUT2D eigenvalue weighted by atomic mass is 16.8. The van der Waals surface area contributed by atoms with E-state index < -0.39 is 112 Å². The van der Waals surface area contributed by atoms with Crippen LogP contribution in [0, 0.1) is 0 Å². The lowest BCUT2D eigenvalue weighted by atomic mass is 9.96. The average Bonchev–Trinajstić information content (AvgIpc) is 2.83. The maximum atomic E-state index is 10.6. The van der Waals surface area contributed by atoms with Gasteiger partial charge < -0.3 is 79.9 Å². The van der Waals surface area contributed by atoms with Gasteiger partial charge in [-0.15, -0.1) is 0 Å². The van der Waals surface area contributed by atoms with Gasteiger partial charge in [0.05, 0.1) is 19.8 Å². The van der Waals surface area contributed by atoms with Gasteiger partial charge in [-0.05, 0) is 0 Å². The van der Waals surface area contributed by atoms with Crippen LogP contribution in [0.5, 0.6) is 0 Å². The molecule has 16 heteroatoms. The van der Waals surface area contributed by atoms with Crippen molar-refractivity contribution in [3.8, 4) is 0 Å². The lowest BCUT2D eigenvalue weighted by Crippen LogP contribution is -2.66. The first kappa shape index (κ1) is 27.9. The molecule has 0 aliphatic carbocycles. The summed E-state index contributed by atoms with van der Waals surface area (Å²) < 4.78 is 26.5. The third-order valence-electron chi connectivity index (χ3n) is 6.08. The number of hydrogen-bond acceptors (Lipinski definition) is 16. The maximum absolute atomic E-state index is 10.6. The first-order valence-corrected chi connectivity index (χ1v) is 10.6. The van der Waals surface area contributed by atoms with E-state index in [0.29, 0.717) is 0 Å². The van der Waals surface area contributed by atoms with Gasteiger partial charge in [-0.25, -0.2) is 0 Å². The van der Waals surface area contributed by atoms with Gasteiger partial charge in [0.25, 0.3) is 0 Å². The Hall–Kier alpha value is -0.640. The van der Waals surface area contributed by atoms with Crippen molar-refractivity contribution in [3.63, 3.8) is 0 Å². The summed E-state index contributed by atoms with van der Waals surface area (Å²) in [6.45, 7) is -2.30. The molecule has 16 nitrogen and oxygen atoms in total. The van der Waals surface area contributed by atoms with E-state index in [9.17, 15) is 56.2 Å². The van der Waals surface area contributed by atoms with E-state index in [1.54, 1.807) is 0 Å². The second-order valence-corrected chi connectivity index (χ2v) is 8.34.